The number of anilines is 1. The van der Waals surface area contributed by atoms with E-state index in [-0.39, 0.29) is 11.3 Å². The van der Waals surface area contributed by atoms with Gasteiger partial charge in [-0.2, -0.15) is 0 Å². The van der Waals surface area contributed by atoms with Gasteiger partial charge in [-0.1, -0.05) is 38.1 Å². The summed E-state index contributed by atoms with van der Waals surface area (Å²) in [6.07, 6.45) is 0.996. The standard InChI is InChI=1S/C17H17F2NO/c1-3-10(2)11-4-6-12(7-5-11)17(21)13-8-16(20)15(19)9-14(13)18/h4-10H,3,20H2,1-2H3. The highest BCUT2D eigenvalue weighted by molar-refractivity contribution is 6.09. The van der Waals surface area contributed by atoms with Crippen molar-refractivity contribution in [1.29, 1.82) is 0 Å². The Morgan fingerprint density at radius 2 is 1.76 bits per heavy atom. The second kappa shape index (κ2) is 6.04. The van der Waals surface area contributed by atoms with Gasteiger partial charge in [-0.25, -0.2) is 8.78 Å². The number of carbonyl (C=O) groups excluding carboxylic acids is 1. The van der Waals surface area contributed by atoms with Crippen LogP contribution in [0.5, 0.6) is 0 Å². The quantitative estimate of drug-likeness (QED) is 0.674. The number of carbonyl (C=O) groups is 1. The first-order valence-electron chi connectivity index (χ1n) is 6.83. The van der Waals surface area contributed by atoms with Crippen LogP contribution in [0.25, 0.3) is 0 Å². The lowest BCUT2D eigenvalue weighted by molar-refractivity contribution is 0.103. The molecule has 0 aliphatic rings. The Balaban J connectivity index is 2.34. The maximum atomic E-state index is 13.7. The molecule has 0 heterocycles. The molecule has 0 spiro atoms. The lowest BCUT2D eigenvalue weighted by Gasteiger charge is -2.10. The zero-order valence-corrected chi connectivity index (χ0v) is 12.0. The first kappa shape index (κ1) is 15.2. The molecule has 2 aromatic rings. The number of rotatable bonds is 4. The van der Waals surface area contributed by atoms with Crippen molar-refractivity contribution in [2.75, 3.05) is 5.73 Å². The van der Waals surface area contributed by atoms with Crippen LogP contribution < -0.4 is 5.73 Å². The first-order chi connectivity index (χ1) is 9.93. The smallest absolute Gasteiger partial charge is 0.196 e. The highest BCUT2D eigenvalue weighted by Crippen LogP contribution is 2.22. The van der Waals surface area contributed by atoms with Crippen LogP contribution in [-0.2, 0) is 0 Å². The molecule has 2 aromatic carbocycles. The Morgan fingerprint density at radius 3 is 2.33 bits per heavy atom. The topological polar surface area (TPSA) is 43.1 Å². The molecule has 0 fully saturated rings. The summed E-state index contributed by atoms with van der Waals surface area (Å²) in [5, 5.41) is 0. The fourth-order valence-electron chi connectivity index (χ4n) is 2.09. The van der Waals surface area contributed by atoms with Crippen molar-refractivity contribution in [3.63, 3.8) is 0 Å². The predicted octanol–water partition coefficient (Wildman–Crippen LogP) is 4.29. The molecule has 0 saturated carbocycles. The van der Waals surface area contributed by atoms with Gasteiger partial charge in [0.25, 0.3) is 0 Å². The second-order valence-electron chi connectivity index (χ2n) is 5.11. The molecule has 4 heteroatoms. The number of nitrogen functional groups attached to an aromatic ring is 1. The summed E-state index contributed by atoms with van der Waals surface area (Å²) in [4.78, 5) is 12.3. The lowest BCUT2D eigenvalue weighted by atomic mass is 9.95. The molecule has 21 heavy (non-hydrogen) atoms. The third-order valence-corrected chi connectivity index (χ3v) is 3.69. The average molecular weight is 289 g/mol. The molecule has 0 saturated heterocycles. The monoisotopic (exact) mass is 289 g/mol. The van der Waals surface area contributed by atoms with Crippen LogP contribution in [0, 0.1) is 11.6 Å². The zero-order chi connectivity index (χ0) is 15.6. The van der Waals surface area contributed by atoms with Crippen molar-refractivity contribution >= 4 is 11.5 Å². The molecule has 0 aliphatic carbocycles. The van der Waals surface area contributed by atoms with Crippen molar-refractivity contribution < 1.29 is 13.6 Å². The number of nitrogens with two attached hydrogens (primary N) is 1. The van der Waals surface area contributed by atoms with Gasteiger partial charge in [-0.05, 0) is 24.0 Å². The van der Waals surface area contributed by atoms with E-state index in [0.717, 1.165) is 18.1 Å². The minimum Gasteiger partial charge on any atom is -0.396 e. The van der Waals surface area contributed by atoms with Crippen LogP contribution in [0.3, 0.4) is 0 Å². The van der Waals surface area contributed by atoms with Gasteiger partial charge in [0.15, 0.2) is 5.78 Å². The van der Waals surface area contributed by atoms with E-state index in [9.17, 15) is 13.6 Å². The Kier molecular flexibility index (Phi) is 4.36. The Bertz CT molecular complexity index is 665. The Labute approximate surface area is 122 Å². The highest BCUT2D eigenvalue weighted by atomic mass is 19.1. The van der Waals surface area contributed by atoms with E-state index in [1.54, 1.807) is 12.1 Å². The summed E-state index contributed by atoms with van der Waals surface area (Å²) < 4.78 is 26.8. The molecule has 110 valence electrons. The predicted molar refractivity (Wildman–Crippen MR) is 79.4 cm³/mol. The lowest BCUT2D eigenvalue weighted by Crippen LogP contribution is -2.07. The summed E-state index contributed by atoms with van der Waals surface area (Å²) in [5.41, 5.74) is 6.41. The van der Waals surface area contributed by atoms with Gasteiger partial charge in [-0.15, -0.1) is 0 Å². The molecule has 0 bridgehead atoms. The van der Waals surface area contributed by atoms with E-state index in [0.29, 0.717) is 17.5 Å². The zero-order valence-electron chi connectivity index (χ0n) is 12.0. The molecule has 1 atom stereocenters. The van der Waals surface area contributed by atoms with Gasteiger partial charge < -0.3 is 5.73 Å². The SMILES string of the molecule is CCC(C)c1ccc(C(=O)c2cc(N)c(F)cc2F)cc1. The normalized spacial score (nSPS) is 12.2. The highest BCUT2D eigenvalue weighted by Gasteiger charge is 2.17. The van der Waals surface area contributed by atoms with E-state index in [1.807, 2.05) is 12.1 Å². The van der Waals surface area contributed by atoms with Crippen LogP contribution in [0.4, 0.5) is 14.5 Å². The number of benzene rings is 2. The molecule has 2 rings (SSSR count). The number of hydrogen-bond acceptors (Lipinski definition) is 2. The van der Waals surface area contributed by atoms with E-state index >= 15 is 0 Å². The van der Waals surface area contributed by atoms with Crippen LogP contribution >= 0.6 is 0 Å². The van der Waals surface area contributed by atoms with Gasteiger partial charge >= 0.3 is 0 Å². The van der Waals surface area contributed by atoms with Crippen molar-refractivity contribution in [2.24, 2.45) is 0 Å². The molecular weight excluding hydrogens is 272 g/mol. The number of hydrogen-bond donors (Lipinski definition) is 1. The van der Waals surface area contributed by atoms with Crippen LogP contribution in [0.2, 0.25) is 0 Å². The minimum atomic E-state index is -0.905. The molecule has 2 N–H and O–H groups in total. The summed E-state index contributed by atoms with van der Waals surface area (Å²) in [6, 6.07) is 8.69. The molecular formula is C17H17F2NO. The van der Waals surface area contributed by atoms with E-state index in [4.69, 9.17) is 5.73 Å². The second-order valence-corrected chi connectivity index (χ2v) is 5.11. The molecule has 1 unspecified atom stereocenters. The minimum absolute atomic E-state index is 0.217. The molecule has 0 radical (unpaired) electrons. The summed E-state index contributed by atoms with van der Waals surface area (Å²) in [6.45, 7) is 4.18. The number of ketones is 1. The van der Waals surface area contributed by atoms with E-state index in [1.165, 1.54) is 0 Å². The Hall–Kier alpha value is -2.23. The van der Waals surface area contributed by atoms with E-state index in [2.05, 4.69) is 13.8 Å². The summed E-state index contributed by atoms with van der Waals surface area (Å²) >= 11 is 0. The third kappa shape index (κ3) is 3.10. The Morgan fingerprint density at radius 1 is 1.14 bits per heavy atom. The van der Waals surface area contributed by atoms with Crippen molar-refractivity contribution in [3.05, 3.63) is 64.7 Å². The van der Waals surface area contributed by atoms with Crippen molar-refractivity contribution in [3.8, 4) is 0 Å². The van der Waals surface area contributed by atoms with Crippen molar-refractivity contribution in [2.45, 2.75) is 26.2 Å². The van der Waals surface area contributed by atoms with Gasteiger partial charge in [-0.3, -0.25) is 4.79 Å². The maximum absolute atomic E-state index is 13.7. The fraction of sp³-hybridized carbons (Fsp3) is 0.235. The summed E-state index contributed by atoms with van der Waals surface area (Å²) in [5.74, 6) is -1.88. The van der Waals surface area contributed by atoms with Crippen LogP contribution in [0.1, 0.15) is 47.7 Å². The van der Waals surface area contributed by atoms with E-state index < -0.39 is 17.4 Å². The van der Waals surface area contributed by atoms with Gasteiger partial charge in [0.2, 0.25) is 0 Å². The molecule has 0 aliphatic heterocycles. The van der Waals surface area contributed by atoms with Crippen LogP contribution in [0.15, 0.2) is 36.4 Å². The molecule has 0 amide bonds. The molecule has 2 nitrogen and oxygen atoms in total. The first-order valence-corrected chi connectivity index (χ1v) is 6.83. The fourth-order valence-corrected chi connectivity index (χ4v) is 2.09. The maximum Gasteiger partial charge on any atom is 0.196 e. The van der Waals surface area contributed by atoms with Crippen molar-refractivity contribution in [1.82, 2.24) is 0 Å². The van der Waals surface area contributed by atoms with Gasteiger partial charge in [0, 0.05) is 11.6 Å². The average Bonchev–Trinajstić information content (AvgIpc) is 2.49. The number of halogens is 2. The largest absolute Gasteiger partial charge is 0.396 e. The van der Waals surface area contributed by atoms with Crippen LogP contribution in [-0.4, -0.2) is 5.78 Å². The third-order valence-electron chi connectivity index (χ3n) is 3.69. The summed E-state index contributed by atoms with van der Waals surface area (Å²) in [7, 11) is 0. The van der Waals surface area contributed by atoms with Gasteiger partial charge in [0.1, 0.15) is 11.6 Å². The molecule has 0 aromatic heterocycles. The van der Waals surface area contributed by atoms with Gasteiger partial charge in [0.05, 0.1) is 11.3 Å².